The van der Waals surface area contributed by atoms with Gasteiger partial charge in [-0.15, -0.1) is 0 Å². The maximum absolute atomic E-state index is 5.61. The molecule has 1 aliphatic carbocycles. The van der Waals surface area contributed by atoms with Crippen molar-refractivity contribution in [2.75, 3.05) is 13.2 Å². The van der Waals surface area contributed by atoms with Crippen molar-refractivity contribution >= 4 is 0 Å². The molecule has 0 aromatic heterocycles. The van der Waals surface area contributed by atoms with E-state index < -0.39 is 0 Å². The molecule has 1 heteroatoms. The molecule has 0 radical (unpaired) electrons. The monoisotopic (exact) mass is 234 g/mol. The SMILES string of the molecule is C/C=C\C1=C(C(=C/CCC)/COCC)CCC1. The van der Waals surface area contributed by atoms with E-state index in [2.05, 4.69) is 39.0 Å². The fourth-order valence-electron chi connectivity index (χ4n) is 2.32. The molecule has 0 aromatic carbocycles. The van der Waals surface area contributed by atoms with Crippen molar-refractivity contribution in [1.29, 1.82) is 0 Å². The van der Waals surface area contributed by atoms with Gasteiger partial charge in [-0.2, -0.15) is 0 Å². The smallest absolute Gasteiger partial charge is 0.0716 e. The summed E-state index contributed by atoms with van der Waals surface area (Å²) in [6.45, 7) is 7.97. The molecule has 1 aliphatic rings. The molecule has 0 saturated heterocycles. The van der Waals surface area contributed by atoms with E-state index in [0.29, 0.717) is 0 Å². The van der Waals surface area contributed by atoms with Gasteiger partial charge in [0.05, 0.1) is 6.61 Å². The molecule has 0 aliphatic heterocycles. The Bertz CT molecular complexity index is 307. The fourth-order valence-corrected chi connectivity index (χ4v) is 2.32. The zero-order chi connectivity index (χ0) is 12.5. The van der Waals surface area contributed by atoms with Crippen molar-refractivity contribution in [3.05, 3.63) is 34.9 Å². The normalized spacial score (nSPS) is 17.5. The van der Waals surface area contributed by atoms with E-state index in [1.807, 2.05) is 0 Å². The van der Waals surface area contributed by atoms with Gasteiger partial charge in [0.25, 0.3) is 0 Å². The molecule has 0 amide bonds. The minimum absolute atomic E-state index is 0.785. The lowest BCUT2D eigenvalue weighted by atomic mass is 10.0. The van der Waals surface area contributed by atoms with E-state index >= 15 is 0 Å². The lowest BCUT2D eigenvalue weighted by molar-refractivity contribution is 0.171. The Morgan fingerprint density at radius 1 is 1.29 bits per heavy atom. The van der Waals surface area contributed by atoms with E-state index in [4.69, 9.17) is 4.74 Å². The first-order valence-corrected chi connectivity index (χ1v) is 6.95. The van der Waals surface area contributed by atoms with Gasteiger partial charge in [0.2, 0.25) is 0 Å². The molecule has 0 aromatic rings. The van der Waals surface area contributed by atoms with Crippen LogP contribution in [0.15, 0.2) is 34.9 Å². The molecule has 0 N–H and O–H groups in total. The highest BCUT2D eigenvalue weighted by atomic mass is 16.5. The second-order valence-corrected chi connectivity index (χ2v) is 4.51. The lowest BCUT2D eigenvalue weighted by Gasteiger charge is -2.11. The fraction of sp³-hybridized carbons (Fsp3) is 0.625. The Morgan fingerprint density at radius 2 is 2.12 bits per heavy atom. The average Bonchev–Trinajstić information content (AvgIpc) is 2.78. The van der Waals surface area contributed by atoms with Crippen molar-refractivity contribution < 1.29 is 4.74 Å². The lowest BCUT2D eigenvalue weighted by Crippen LogP contribution is -2.01. The van der Waals surface area contributed by atoms with E-state index in [-0.39, 0.29) is 0 Å². The molecule has 0 heterocycles. The van der Waals surface area contributed by atoms with Crippen LogP contribution >= 0.6 is 0 Å². The molecule has 96 valence electrons. The second-order valence-electron chi connectivity index (χ2n) is 4.51. The molecule has 1 rings (SSSR count). The molecule has 0 fully saturated rings. The summed E-state index contributed by atoms with van der Waals surface area (Å²) in [5, 5.41) is 0. The van der Waals surface area contributed by atoms with Crippen molar-refractivity contribution in [3.8, 4) is 0 Å². The van der Waals surface area contributed by atoms with Crippen LogP contribution in [0.1, 0.15) is 52.9 Å². The number of hydrogen-bond donors (Lipinski definition) is 0. The quantitative estimate of drug-likeness (QED) is 0.614. The van der Waals surface area contributed by atoms with Gasteiger partial charge in [0.1, 0.15) is 0 Å². The molecule has 17 heavy (non-hydrogen) atoms. The van der Waals surface area contributed by atoms with Crippen molar-refractivity contribution in [1.82, 2.24) is 0 Å². The van der Waals surface area contributed by atoms with Crippen LogP contribution in [0.3, 0.4) is 0 Å². The highest BCUT2D eigenvalue weighted by Gasteiger charge is 2.15. The third-order valence-electron chi connectivity index (χ3n) is 3.16. The Labute approximate surface area is 106 Å². The molecule has 0 spiro atoms. The van der Waals surface area contributed by atoms with Crippen LogP contribution < -0.4 is 0 Å². The Hall–Kier alpha value is -0.820. The first-order valence-electron chi connectivity index (χ1n) is 6.95. The topological polar surface area (TPSA) is 9.23 Å². The van der Waals surface area contributed by atoms with Crippen LogP contribution in [0.5, 0.6) is 0 Å². The molecular weight excluding hydrogens is 208 g/mol. The summed E-state index contributed by atoms with van der Waals surface area (Å²) in [7, 11) is 0. The first kappa shape index (κ1) is 14.2. The van der Waals surface area contributed by atoms with Gasteiger partial charge in [0.15, 0.2) is 0 Å². The van der Waals surface area contributed by atoms with Crippen LogP contribution in [0, 0.1) is 0 Å². The number of ether oxygens (including phenoxy) is 1. The summed E-state index contributed by atoms with van der Waals surface area (Å²) in [5.74, 6) is 0. The number of rotatable bonds is 7. The Kier molecular flexibility index (Phi) is 6.95. The summed E-state index contributed by atoms with van der Waals surface area (Å²) in [6.07, 6.45) is 12.9. The minimum Gasteiger partial charge on any atom is -0.377 e. The Morgan fingerprint density at radius 3 is 2.76 bits per heavy atom. The zero-order valence-electron chi connectivity index (χ0n) is 11.6. The molecule has 0 atom stereocenters. The summed E-state index contributed by atoms with van der Waals surface area (Å²) >= 11 is 0. The van der Waals surface area contributed by atoms with Crippen molar-refractivity contribution in [2.45, 2.75) is 52.9 Å². The van der Waals surface area contributed by atoms with Crippen LogP contribution in [-0.2, 0) is 4.74 Å². The summed E-state index contributed by atoms with van der Waals surface area (Å²) < 4.78 is 5.61. The van der Waals surface area contributed by atoms with E-state index in [9.17, 15) is 0 Å². The van der Waals surface area contributed by atoms with E-state index in [1.54, 1.807) is 5.57 Å². The maximum atomic E-state index is 5.61. The minimum atomic E-state index is 0.785. The highest BCUT2D eigenvalue weighted by Crippen LogP contribution is 2.32. The summed E-state index contributed by atoms with van der Waals surface area (Å²) in [5.41, 5.74) is 4.50. The second kappa shape index (κ2) is 8.30. The van der Waals surface area contributed by atoms with Crippen molar-refractivity contribution in [3.63, 3.8) is 0 Å². The highest BCUT2D eigenvalue weighted by molar-refractivity contribution is 5.43. The van der Waals surface area contributed by atoms with Crippen molar-refractivity contribution in [2.24, 2.45) is 0 Å². The molecular formula is C16H26O. The van der Waals surface area contributed by atoms with E-state index in [1.165, 1.54) is 36.8 Å². The van der Waals surface area contributed by atoms with Crippen LogP contribution in [0.25, 0.3) is 0 Å². The number of allylic oxidation sites excluding steroid dienone is 4. The molecule has 0 bridgehead atoms. The third kappa shape index (κ3) is 4.51. The van der Waals surface area contributed by atoms with Crippen LogP contribution in [0.4, 0.5) is 0 Å². The van der Waals surface area contributed by atoms with Gasteiger partial charge in [0, 0.05) is 6.61 Å². The number of unbranched alkanes of at least 4 members (excludes halogenated alkanes) is 1. The maximum Gasteiger partial charge on any atom is 0.0716 e. The predicted molar refractivity (Wildman–Crippen MR) is 75.2 cm³/mol. The van der Waals surface area contributed by atoms with Gasteiger partial charge in [-0.05, 0) is 56.3 Å². The molecule has 1 nitrogen and oxygen atoms in total. The molecule has 0 saturated carbocycles. The van der Waals surface area contributed by atoms with Gasteiger partial charge in [-0.25, -0.2) is 0 Å². The average molecular weight is 234 g/mol. The summed E-state index contributed by atoms with van der Waals surface area (Å²) in [6, 6.07) is 0. The number of hydrogen-bond acceptors (Lipinski definition) is 1. The first-order chi connectivity index (χ1) is 8.33. The summed E-state index contributed by atoms with van der Waals surface area (Å²) in [4.78, 5) is 0. The predicted octanol–water partition coefficient (Wildman–Crippen LogP) is 4.81. The van der Waals surface area contributed by atoms with E-state index in [0.717, 1.165) is 19.6 Å². The van der Waals surface area contributed by atoms with Crippen LogP contribution in [-0.4, -0.2) is 13.2 Å². The van der Waals surface area contributed by atoms with Crippen LogP contribution in [0.2, 0.25) is 0 Å². The zero-order valence-corrected chi connectivity index (χ0v) is 11.6. The van der Waals surface area contributed by atoms with Gasteiger partial charge >= 0.3 is 0 Å². The van der Waals surface area contributed by atoms with Gasteiger partial charge in [-0.3, -0.25) is 0 Å². The molecule has 0 unspecified atom stereocenters. The third-order valence-corrected chi connectivity index (χ3v) is 3.16. The Balaban J connectivity index is 2.83. The largest absolute Gasteiger partial charge is 0.377 e. The van der Waals surface area contributed by atoms with Gasteiger partial charge in [-0.1, -0.05) is 31.6 Å². The van der Waals surface area contributed by atoms with Gasteiger partial charge < -0.3 is 4.74 Å². The standard InChI is InChI=1S/C16H26O/c1-4-7-10-15(13-17-6-3)16-12-8-11-14(16)9-5-2/h5,9-10H,4,6-8,11-13H2,1-3H3/b9-5-,15-10+.